The minimum absolute atomic E-state index is 0.0153. The zero-order valence-corrected chi connectivity index (χ0v) is 18.8. The molecule has 10 nitrogen and oxygen atoms in total. The molecule has 2 heterocycles. The van der Waals surface area contributed by atoms with Gasteiger partial charge in [-0.1, -0.05) is 0 Å². The van der Waals surface area contributed by atoms with Crippen LogP contribution < -0.4 is 10.1 Å². The van der Waals surface area contributed by atoms with Gasteiger partial charge in [0, 0.05) is 13.1 Å². The molecule has 1 fully saturated rings. The van der Waals surface area contributed by atoms with Crippen molar-refractivity contribution in [2.75, 3.05) is 38.7 Å². The van der Waals surface area contributed by atoms with Crippen molar-refractivity contribution in [3.63, 3.8) is 0 Å². The maximum atomic E-state index is 13.2. The first-order valence-corrected chi connectivity index (χ1v) is 11.5. The Morgan fingerprint density at radius 1 is 1.15 bits per heavy atom. The Morgan fingerprint density at radius 2 is 1.85 bits per heavy atom. The van der Waals surface area contributed by atoms with Crippen LogP contribution in [-0.4, -0.2) is 66.8 Å². The fourth-order valence-corrected chi connectivity index (χ4v) is 4.81. The summed E-state index contributed by atoms with van der Waals surface area (Å²) >= 11 is 0. The lowest BCUT2D eigenvalue weighted by Crippen LogP contribution is -2.40. The Morgan fingerprint density at radius 3 is 2.52 bits per heavy atom. The first kappa shape index (κ1) is 22.8. The first-order valence-electron chi connectivity index (χ1n) is 10.1. The number of aromatic nitrogens is 3. The van der Waals surface area contributed by atoms with Crippen LogP contribution >= 0.6 is 0 Å². The Labute approximate surface area is 190 Å². The van der Waals surface area contributed by atoms with E-state index in [1.54, 1.807) is 6.92 Å². The highest BCUT2D eigenvalue weighted by Gasteiger charge is 2.27. The zero-order chi connectivity index (χ0) is 23.6. The standard InChI is InChI=1S/C21H22FN5O5S/c1-14-23-20(25-27(14)16-5-3-15(22)4-6-16)21(28)24-18-13-17(7-8-19(18)31-2)33(29,30)26-9-11-32-12-10-26/h3-8,13H,9-12H2,1-2H3,(H,24,28). The molecule has 2 aromatic carbocycles. The van der Waals surface area contributed by atoms with Gasteiger partial charge >= 0.3 is 0 Å². The molecule has 1 amide bonds. The van der Waals surface area contributed by atoms with Gasteiger partial charge in [-0.05, 0) is 49.4 Å². The highest BCUT2D eigenvalue weighted by atomic mass is 32.2. The van der Waals surface area contributed by atoms with E-state index in [9.17, 15) is 17.6 Å². The Kier molecular flexibility index (Phi) is 6.40. The van der Waals surface area contributed by atoms with Gasteiger partial charge in [-0.2, -0.15) is 4.31 Å². The quantitative estimate of drug-likeness (QED) is 0.580. The SMILES string of the molecule is COc1ccc(S(=O)(=O)N2CCOCC2)cc1NC(=O)c1nc(C)n(-c2ccc(F)cc2)n1. The van der Waals surface area contributed by atoms with Gasteiger partial charge < -0.3 is 14.8 Å². The lowest BCUT2D eigenvalue weighted by Gasteiger charge is -2.26. The van der Waals surface area contributed by atoms with Gasteiger partial charge in [0.25, 0.3) is 5.91 Å². The van der Waals surface area contributed by atoms with Crippen molar-refractivity contribution in [1.29, 1.82) is 0 Å². The van der Waals surface area contributed by atoms with Crippen LogP contribution in [0.1, 0.15) is 16.4 Å². The molecule has 0 saturated carbocycles. The lowest BCUT2D eigenvalue weighted by molar-refractivity contribution is 0.0730. The number of anilines is 1. The van der Waals surface area contributed by atoms with Crippen LogP contribution in [0.2, 0.25) is 0 Å². The summed E-state index contributed by atoms with van der Waals surface area (Å²) in [6, 6.07) is 9.82. The van der Waals surface area contributed by atoms with Gasteiger partial charge in [-0.15, -0.1) is 5.10 Å². The van der Waals surface area contributed by atoms with Crippen LogP contribution in [0.5, 0.6) is 5.75 Å². The number of halogens is 1. The van der Waals surface area contributed by atoms with Gasteiger partial charge in [-0.25, -0.2) is 22.5 Å². The number of carbonyl (C=O) groups is 1. The molecule has 33 heavy (non-hydrogen) atoms. The van der Waals surface area contributed by atoms with Crippen molar-refractivity contribution >= 4 is 21.6 Å². The molecule has 4 rings (SSSR count). The number of aryl methyl sites for hydroxylation is 1. The minimum atomic E-state index is -3.77. The third-order valence-corrected chi connectivity index (χ3v) is 6.96. The number of morpholine rings is 1. The second kappa shape index (κ2) is 9.25. The van der Waals surface area contributed by atoms with Crippen LogP contribution in [-0.2, 0) is 14.8 Å². The van der Waals surface area contributed by atoms with Gasteiger partial charge in [0.05, 0.1) is 36.6 Å². The summed E-state index contributed by atoms with van der Waals surface area (Å²) in [4.78, 5) is 17.0. The van der Waals surface area contributed by atoms with E-state index in [-0.39, 0.29) is 35.2 Å². The molecule has 12 heteroatoms. The molecular weight excluding hydrogens is 453 g/mol. The number of ether oxygens (including phenoxy) is 2. The number of benzene rings is 2. The number of nitrogens with zero attached hydrogens (tertiary/aromatic N) is 4. The molecular formula is C21H22FN5O5S. The van der Waals surface area contributed by atoms with Crippen LogP contribution in [0.4, 0.5) is 10.1 Å². The number of sulfonamides is 1. The van der Waals surface area contributed by atoms with Crippen LogP contribution in [0.15, 0.2) is 47.4 Å². The van der Waals surface area contributed by atoms with Crippen molar-refractivity contribution in [3.05, 3.63) is 59.9 Å². The van der Waals surface area contributed by atoms with Crippen LogP contribution in [0, 0.1) is 12.7 Å². The van der Waals surface area contributed by atoms with Crippen molar-refractivity contribution in [3.8, 4) is 11.4 Å². The van der Waals surface area contributed by atoms with Crippen LogP contribution in [0.25, 0.3) is 5.69 Å². The Balaban J connectivity index is 1.61. The highest BCUT2D eigenvalue weighted by molar-refractivity contribution is 7.89. The Hall–Kier alpha value is -3.35. The number of amides is 1. The van der Waals surface area contributed by atoms with E-state index in [4.69, 9.17) is 9.47 Å². The number of rotatable bonds is 6. The number of nitrogens with one attached hydrogen (secondary N) is 1. The average molecular weight is 476 g/mol. The molecule has 3 aromatic rings. The summed E-state index contributed by atoms with van der Waals surface area (Å²) in [6.45, 7) is 2.80. The fourth-order valence-electron chi connectivity index (χ4n) is 3.37. The summed E-state index contributed by atoms with van der Waals surface area (Å²) in [5, 5.41) is 6.82. The molecule has 0 spiro atoms. The molecule has 0 unspecified atom stereocenters. The molecule has 1 aromatic heterocycles. The minimum Gasteiger partial charge on any atom is -0.495 e. The van der Waals surface area contributed by atoms with E-state index in [0.717, 1.165) is 0 Å². The maximum absolute atomic E-state index is 13.2. The molecule has 0 aliphatic carbocycles. The van der Waals surface area contributed by atoms with Crippen LogP contribution in [0.3, 0.4) is 0 Å². The number of hydrogen-bond donors (Lipinski definition) is 1. The molecule has 0 bridgehead atoms. The molecule has 1 saturated heterocycles. The van der Waals surface area contributed by atoms with Gasteiger partial charge in [-0.3, -0.25) is 4.79 Å². The zero-order valence-electron chi connectivity index (χ0n) is 18.0. The van der Waals surface area contributed by atoms with Gasteiger partial charge in [0.2, 0.25) is 15.8 Å². The van der Waals surface area contributed by atoms with Crippen molar-refractivity contribution in [1.82, 2.24) is 19.1 Å². The van der Waals surface area contributed by atoms with E-state index in [0.29, 0.717) is 24.7 Å². The summed E-state index contributed by atoms with van der Waals surface area (Å²) in [5.41, 5.74) is 0.698. The third kappa shape index (κ3) is 4.72. The molecule has 1 aliphatic rings. The van der Waals surface area contributed by atoms with Crippen molar-refractivity contribution in [2.24, 2.45) is 0 Å². The summed E-state index contributed by atoms with van der Waals surface area (Å²) in [7, 11) is -2.36. The summed E-state index contributed by atoms with van der Waals surface area (Å²) in [5.74, 6) is -0.492. The summed E-state index contributed by atoms with van der Waals surface area (Å²) in [6.07, 6.45) is 0. The number of methoxy groups -OCH3 is 1. The average Bonchev–Trinajstić information content (AvgIpc) is 3.22. The largest absolute Gasteiger partial charge is 0.495 e. The third-order valence-electron chi connectivity index (χ3n) is 5.07. The normalized spacial score (nSPS) is 14.8. The smallest absolute Gasteiger partial charge is 0.295 e. The topological polar surface area (TPSA) is 116 Å². The van der Waals surface area contributed by atoms with Gasteiger partial charge in [0.1, 0.15) is 17.4 Å². The van der Waals surface area contributed by atoms with Gasteiger partial charge in [0.15, 0.2) is 0 Å². The van der Waals surface area contributed by atoms with E-state index < -0.39 is 21.7 Å². The second-order valence-corrected chi connectivity index (χ2v) is 9.14. The van der Waals surface area contributed by atoms with E-state index in [1.165, 1.54) is 58.6 Å². The predicted octanol–water partition coefficient (Wildman–Crippen LogP) is 2.00. The second-order valence-electron chi connectivity index (χ2n) is 7.20. The predicted molar refractivity (Wildman–Crippen MR) is 117 cm³/mol. The fraction of sp³-hybridized carbons (Fsp3) is 0.286. The monoisotopic (exact) mass is 475 g/mol. The maximum Gasteiger partial charge on any atom is 0.295 e. The number of hydrogen-bond acceptors (Lipinski definition) is 7. The number of carbonyl (C=O) groups excluding carboxylic acids is 1. The highest BCUT2D eigenvalue weighted by Crippen LogP contribution is 2.29. The lowest BCUT2D eigenvalue weighted by atomic mass is 10.3. The van der Waals surface area contributed by atoms with E-state index in [2.05, 4.69) is 15.4 Å². The molecule has 1 aliphatic heterocycles. The van der Waals surface area contributed by atoms with Crippen molar-refractivity contribution < 1.29 is 27.1 Å². The van der Waals surface area contributed by atoms with E-state index >= 15 is 0 Å². The first-order chi connectivity index (χ1) is 15.8. The molecule has 174 valence electrons. The molecule has 0 atom stereocenters. The van der Waals surface area contributed by atoms with Crippen molar-refractivity contribution in [2.45, 2.75) is 11.8 Å². The Bertz CT molecular complexity index is 1270. The summed E-state index contributed by atoms with van der Waals surface area (Å²) < 4.78 is 52.4. The molecule has 1 N–H and O–H groups in total. The van der Waals surface area contributed by atoms with E-state index in [1.807, 2.05) is 0 Å². The molecule has 0 radical (unpaired) electrons.